The Morgan fingerprint density at radius 3 is 2.25 bits per heavy atom. The summed E-state index contributed by atoms with van der Waals surface area (Å²) in [6, 6.07) is 27.5. The molecule has 1 saturated heterocycles. The third-order valence-electron chi connectivity index (χ3n) is 7.31. The van der Waals surface area contributed by atoms with Crippen LogP contribution in [0, 0.1) is 35.5 Å². The van der Waals surface area contributed by atoms with E-state index in [1.807, 2.05) is 30.3 Å². The van der Waals surface area contributed by atoms with E-state index in [9.17, 15) is 0 Å². The summed E-state index contributed by atoms with van der Waals surface area (Å²) in [6.45, 7) is 4.88. The van der Waals surface area contributed by atoms with Gasteiger partial charge in [0.2, 0.25) is 0 Å². The minimum atomic E-state index is 0.445. The molecular formula is C33H34N6O. The number of nitriles is 2. The van der Waals surface area contributed by atoms with Crippen LogP contribution in [0.2, 0.25) is 0 Å². The highest BCUT2D eigenvalue weighted by atomic mass is 16.5. The standard InChI is InChI=1S/C26H28N4O.C7H6N2/c1-18-13-26(30-12-2-3-23(30)17-31-16-20-4-5-20)24-11-10-22(14-25(24)28-18)29-21-8-6-19(15-27)7-9-21;8-5-6-1-3-7(9)4-2-6/h6-11,13-14,20,23,29H,2-5,12,16-17H2,1H3;1-4H,9H2/t23-;/m0./s1. The smallest absolute Gasteiger partial charge is 0.0991 e. The van der Waals surface area contributed by atoms with Crippen molar-refractivity contribution in [2.45, 2.75) is 38.6 Å². The van der Waals surface area contributed by atoms with Gasteiger partial charge in [-0.15, -0.1) is 0 Å². The molecule has 6 rings (SSSR count). The summed E-state index contributed by atoms with van der Waals surface area (Å²) in [4.78, 5) is 7.34. The number of aryl methyl sites for hydroxylation is 1. The summed E-state index contributed by atoms with van der Waals surface area (Å²) < 4.78 is 6.05. The van der Waals surface area contributed by atoms with Crippen LogP contribution >= 0.6 is 0 Å². The normalized spacial score (nSPS) is 16.1. The van der Waals surface area contributed by atoms with E-state index in [0.29, 0.717) is 22.9 Å². The van der Waals surface area contributed by atoms with Gasteiger partial charge in [-0.25, -0.2) is 0 Å². The lowest BCUT2D eigenvalue weighted by Gasteiger charge is -2.28. The number of anilines is 4. The molecule has 202 valence electrons. The molecule has 2 heterocycles. The Morgan fingerprint density at radius 1 is 0.900 bits per heavy atom. The minimum absolute atomic E-state index is 0.445. The van der Waals surface area contributed by atoms with E-state index < -0.39 is 0 Å². The van der Waals surface area contributed by atoms with Crippen molar-refractivity contribution in [2.24, 2.45) is 5.92 Å². The van der Waals surface area contributed by atoms with Crippen molar-refractivity contribution in [3.05, 3.63) is 89.6 Å². The Balaban J connectivity index is 0.000000306. The number of nitrogens with one attached hydrogen (secondary N) is 1. The number of aromatic nitrogens is 1. The highest BCUT2D eigenvalue weighted by Crippen LogP contribution is 2.35. The van der Waals surface area contributed by atoms with Crippen LogP contribution < -0.4 is 16.0 Å². The highest BCUT2D eigenvalue weighted by Gasteiger charge is 2.28. The van der Waals surface area contributed by atoms with Crippen LogP contribution in [0.3, 0.4) is 0 Å². The average Bonchev–Trinajstić information content (AvgIpc) is 3.68. The zero-order chi connectivity index (χ0) is 27.9. The zero-order valence-corrected chi connectivity index (χ0v) is 22.8. The van der Waals surface area contributed by atoms with Crippen LogP contribution in [0.5, 0.6) is 0 Å². The van der Waals surface area contributed by atoms with Crippen molar-refractivity contribution in [1.29, 1.82) is 10.5 Å². The Hall–Kier alpha value is -4.59. The lowest BCUT2D eigenvalue weighted by atomic mass is 10.1. The molecule has 1 atom stereocenters. The van der Waals surface area contributed by atoms with Crippen molar-refractivity contribution in [3.8, 4) is 12.1 Å². The van der Waals surface area contributed by atoms with Gasteiger partial charge in [-0.1, -0.05) is 0 Å². The number of hydrogen-bond donors (Lipinski definition) is 2. The van der Waals surface area contributed by atoms with Gasteiger partial charge in [0.15, 0.2) is 0 Å². The maximum Gasteiger partial charge on any atom is 0.0991 e. The molecule has 3 N–H and O–H groups in total. The zero-order valence-electron chi connectivity index (χ0n) is 22.8. The number of benzene rings is 3. The third-order valence-corrected chi connectivity index (χ3v) is 7.31. The molecule has 3 aromatic carbocycles. The van der Waals surface area contributed by atoms with Gasteiger partial charge in [0.05, 0.1) is 41.4 Å². The summed E-state index contributed by atoms with van der Waals surface area (Å²) in [5, 5.41) is 21.9. The topological polar surface area (TPSA) is 111 Å². The van der Waals surface area contributed by atoms with Crippen LogP contribution in [0.25, 0.3) is 10.9 Å². The predicted molar refractivity (Wildman–Crippen MR) is 160 cm³/mol. The third kappa shape index (κ3) is 6.88. The fourth-order valence-corrected chi connectivity index (χ4v) is 4.99. The Morgan fingerprint density at radius 2 is 1.57 bits per heavy atom. The van der Waals surface area contributed by atoms with Gasteiger partial charge in [-0.3, -0.25) is 4.98 Å². The molecule has 0 bridgehead atoms. The summed E-state index contributed by atoms with van der Waals surface area (Å²) >= 11 is 0. The van der Waals surface area contributed by atoms with E-state index in [2.05, 4.69) is 47.5 Å². The Labute approximate surface area is 235 Å². The second kappa shape index (κ2) is 12.5. The van der Waals surface area contributed by atoms with Gasteiger partial charge in [0.1, 0.15) is 0 Å². The fraction of sp³-hybridized carbons (Fsp3) is 0.303. The maximum absolute atomic E-state index is 8.98. The van der Waals surface area contributed by atoms with Gasteiger partial charge in [-0.2, -0.15) is 10.5 Å². The van der Waals surface area contributed by atoms with Crippen molar-refractivity contribution in [2.75, 3.05) is 35.7 Å². The number of nitrogen functional groups attached to an aromatic ring is 1. The molecule has 7 heteroatoms. The van der Waals surface area contributed by atoms with E-state index >= 15 is 0 Å². The van der Waals surface area contributed by atoms with Crippen LogP contribution in [0.15, 0.2) is 72.8 Å². The van der Waals surface area contributed by atoms with Gasteiger partial charge >= 0.3 is 0 Å². The van der Waals surface area contributed by atoms with Crippen molar-refractivity contribution in [1.82, 2.24) is 4.98 Å². The Kier molecular flexibility index (Phi) is 8.44. The molecule has 1 aliphatic heterocycles. The van der Waals surface area contributed by atoms with Crippen LogP contribution in [0.4, 0.5) is 22.7 Å². The molecule has 0 amide bonds. The van der Waals surface area contributed by atoms with Crippen LogP contribution in [0.1, 0.15) is 42.5 Å². The largest absolute Gasteiger partial charge is 0.399 e. The molecule has 2 fully saturated rings. The second-order valence-corrected chi connectivity index (χ2v) is 10.5. The van der Waals surface area contributed by atoms with Crippen molar-refractivity contribution < 1.29 is 4.74 Å². The fourth-order valence-electron chi connectivity index (χ4n) is 4.99. The molecule has 1 aliphatic carbocycles. The van der Waals surface area contributed by atoms with E-state index in [1.54, 1.807) is 24.3 Å². The first-order chi connectivity index (χ1) is 19.5. The quantitative estimate of drug-likeness (QED) is 0.256. The average molecular weight is 531 g/mol. The lowest BCUT2D eigenvalue weighted by molar-refractivity contribution is 0.112. The second-order valence-electron chi connectivity index (χ2n) is 10.5. The number of ether oxygens (including phenoxy) is 1. The van der Waals surface area contributed by atoms with E-state index in [-0.39, 0.29) is 0 Å². The molecule has 7 nitrogen and oxygen atoms in total. The van der Waals surface area contributed by atoms with Crippen molar-refractivity contribution >= 4 is 33.7 Å². The molecule has 4 aromatic rings. The number of hydrogen-bond acceptors (Lipinski definition) is 7. The minimum Gasteiger partial charge on any atom is -0.399 e. The molecule has 40 heavy (non-hydrogen) atoms. The van der Waals surface area contributed by atoms with Gasteiger partial charge in [0.25, 0.3) is 0 Å². The molecular weight excluding hydrogens is 496 g/mol. The number of nitrogens with two attached hydrogens (primary N) is 1. The number of fused-ring (bicyclic) bond motifs is 1. The SMILES string of the molecule is Cc1cc(N2CCC[C@H]2COCC2CC2)c2ccc(Nc3ccc(C#N)cc3)cc2n1.N#Cc1ccc(N)cc1. The summed E-state index contributed by atoms with van der Waals surface area (Å²) in [6.07, 6.45) is 5.06. The first kappa shape index (κ1) is 27.0. The summed E-state index contributed by atoms with van der Waals surface area (Å²) in [7, 11) is 0. The van der Waals surface area contributed by atoms with Gasteiger partial charge in [0, 0.05) is 47.0 Å². The number of pyridine rings is 1. The predicted octanol–water partition coefficient (Wildman–Crippen LogP) is 6.69. The maximum atomic E-state index is 8.98. The monoisotopic (exact) mass is 530 g/mol. The molecule has 1 aromatic heterocycles. The first-order valence-corrected chi connectivity index (χ1v) is 13.8. The molecule has 0 unspecified atom stereocenters. The molecule has 0 spiro atoms. The van der Waals surface area contributed by atoms with E-state index in [0.717, 1.165) is 48.3 Å². The number of rotatable bonds is 7. The molecule has 0 radical (unpaired) electrons. The van der Waals surface area contributed by atoms with Gasteiger partial charge < -0.3 is 20.7 Å². The van der Waals surface area contributed by atoms with Crippen molar-refractivity contribution in [3.63, 3.8) is 0 Å². The summed E-state index contributed by atoms with van der Waals surface area (Å²) in [5.41, 5.74) is 12.6. The van der Waals surface area contributed by atoms with E-state index in [4.69, 9.17) is 26.0 Å². The van der Waals surface area contributed by atoms with Gasteiger partial charge in [-0.05, 0) is 111 Å². The highest BCUT2D eigenvalue weighted by molar-refractivity contribution is 5.94. The van der Waals surface area contributed by atoms with Crippen LogP contribution in [-0.2, 0) is 4.74 Å². The van der Waals surface area contributed by atoms with Crippen LogP contribution in [-0.4, -0.2) is 30.8 Å². The summed E-state index contributed by atoms with van der Waals surface area (Å²) in [5.74, 6) is 0.806. The first-order valence-electron chi connectivity index (χ1n) is 13.8. The molecule has 1 saturated carbocycles. The number of nitrogens with zero attached hydrogens (tertiary/aromatic N) is 4. The van der Waals surface area contributed by atoms with E-state index in [1.165, 1.54) is 36.8 Å². The Bertz CT molecular complexity index is 1530. The molecule has 2 aliphatic rings. The lowest BCUT2D eigenvalue weighted by Crippen LogP contribution is -2.33.